The molecule has 1 saturated heterocycles. The van der Waals surface area contributed by atoms with Crippen LogP contribution in [-0.4, -0.2) is 55.8 Å². The van der Waals surface area contributed by atoms with Gasteiger partial charge in [-0.05, 0) is 101 Å². The van der Waals surface area contributed by atoms with Crippen LogP contribution in [0.4, 0.5) is 23.1 Å². The summed E-state index contributed by atoms with van der Waals surface area (Å²) < 4.78 is 32.6. The average molecular weight is 559 g/mol. The summed E-state index contributed by atoms with van der Waals surface area (Å²) in [5.41, 5.74) is 5.61. The van der Waals surface area contributed by atoms with Gasteiger partial charge >= 0.3 is 0 Å². The van der Waals surface area contributed by atoms with Crippen molar-refractivity contribution in [3.05, 3.63) is 53.7 Å². The second kappa shape index (κ2) is 10.1. The third-order valence-corrected chi connectivity index (χ3v) is 10.3. The Morgan fingerprint density at radius 2 is 1.90 bits per heavy atom. The first-order valence-corrected chi connectivity index (χ1v) is 15.5. The lowest BCUT2D eigenvalue weighted by molar-refractivity contribution is 0.254. The molecule has 2 aliphatic rings. The quantitative estimate of drug-likeness (QED) is 0.307. The second-order valence-corrected chi connectivity index (χ2v) is 13.5. The molecule has 4 heterocycles. The third-order valence-electron chi connectivity index (χ3n) is 8.05. The van der Waals surface area contributed by atoms with Crippen molar-refractivity contribution in [2.45, 2.75) is 62.8 Å². The minimum atomic E-state index is -3.52. The fraction of sp³-hybridized carbons (Fsp3) is 0.379. The highest BCUT2D eigenvalue weighted by Crippen LogP contribution is 2.45. The maximum atomic E-state index is 13.1. The molecular weight excluding hydrogens is 523 g/mol. The van der Waals surface area contributed by atoms with Gasteiger partial charge in [-0.25, -0.2) is 8.42 Å². The van der Waals surface area contributed by atoms with Gasteiger partial charge in [0, 0.05) is 0 Å². The number of hydrogen-bond acceptors (Lipinski definition) is 8. The van der Waals surface area contributed by atoms with Crippen LogP contribution in [-0.2, 0) is 9.84 Å². The van der Waals surface area contributed by atoms with E-state index < -0.39 is 15.1 Å². The van der Waals surface area contributed by atoms with Crippen LogP contribution in [0.15, 0.2) is 47.5 Å². The van der Waals surface area contributed by atoms with Gasteiger partial charge < -0.3 is 20.4 Å². The van der Waals surface area contributed by atoms with Crippen LogP contribution in [0, 0.1) is 6.92 Å². The Labute approximate surface area is 236 Å². The van der Waals surface area contributed by atoms with Crippen molar-refractivity contribution in [2.24, 2.45) is 0 Å². The normalized spacial score (nSPS) is 17.8. The number of rotatable bonds is 6. The van der Waals surface area contributed by atoms with Gasteiger partial charge in [-0.1, -0.05) is 17.6 Å². The second-order valence-electron chi connectivity index (χ2n) is 11.1. The van der Waals surface area contributed by atoms with Gasteiger partial charge in [0.1, 0.15) is 25.1 Å². The van der Waals surface area contributed by atoms with Crippen molar-refractivity contribution in [1.82, 2.24) is 20.3 Å². The molecule has 0 saturated carbocycles. The summed E-state index contributed by atoms with van der Waals surface area (Å²) in [6, 6.07) is 11.3. The molecule has 0 radical (unpaired) electrons. The highest BCUT2D eigenvalue weighted by molar-refractivity contribution is 7.92. The van der Waals surface area contributed by atoms with Crippen molar-refractivity contribution in [3.63, 3.8) is 0 Å². The van der Waals surface area contributed by atoms with Gasteiger partial charge in [-0.3, -0.25) is 4.90 Å². The summed E-state index contributed by atoms with van der Waals surface area (Å²) in [4.78, 5) is 15.4. The summed E-state index contributed by atoms with van der Waals surface area (Å²) >= 11 is 0. The molecule has 0 bridgehead atoms. The number of anilines is 4. The van der Waals surface area contributed by atoms with Crippen LogP contribution in [0.5, 0.6) is 5.75 Å². The molecule has 2 aromatic heterocycles. The SMILES string of the molecule is Bc1c[nH]c2nc(N3c4cc(C)c(C5CCNCC5)cc4OC3C)nc(Nc3ccccc3S(=O)(=O)C(C)C)c12. The van der Waals surface area contributed by atoms with Crippen molar-refractivity contribution in [3.8, 4) is 5.75 Å². The number of nitrogens with zero attached hydrogens (tertiary/aromatic N) is 3. The van der Waals surface area contributed by atoms with Crippen LogP contribution in [0.3, 0.4) is 0 Å². The van der Waals surface area contributed by atoms with E-state index in [-0.39, 0.29) is 11.1 Å². The zero-order valence-electron chi connectivity index (χ0n) is 23.6. The number of H-pyrrole nitrogens is 1. The van der Waals surface area contributed by atoms with Gasteiger partial charge in [0.25, 0.3) is 0 Å². The van der Waals surface area contributed by atoms with Crippen LogP contribution >= 0.6 is 0 Å². The van der Waals surface area contributed by atoms with E-state index in [1.54, 1.807) is 32.0 Å². The number of aryl methyl sites for hydroxylation is 1. The van der Waals surface area contributed by atoms with Crippen LogP contribution < -0.4 is 25.7 Å². The maximum Gasteiger partial charge on any atom is 0.237 e. The molecule has 40 heavy (non-hydrogen) atoms. The fourth-order valence-corrected chi connectivity index (χ4v) is 7.02. The van der Waals surface area contributed by atoms with E-state index in [9.17, 15) is 8.42 Å². The molecule has 1 unspecified atom stereocenters. The number of aromatic amines is 1. The lowest BCUT2D eigenvalue weighted by Gasteiger charge is -2.25. The molecule has 2 aliphatic heterocycles. The lowest BCUT2D eigenvalue weighted by Crippen LogP contribution is -2.29. The molecule has 1 atom stereocenters. The smallest absolute Gasteiger partial charge is 0.237 e. The fourth-order valence-electron chi connectivity index (χ4n) is 5.82. The summed E-state index contributed by atoms with van der Waals surface area (Å²) in [6.45, 7) is 9.60. The number of hydrogen-bond donors (Lipinski definition) is 3. The van der Waals surface area contributed by atoms with Gasteiger partial charge in [0.15, 0.2) is 16.1 Å². The van der Waals surface area contributed by atoms with Crippen LogP contribution in [0.25, 0.3) is 11.0 Å². The maximum absolute atomic E-state index is 13.1. The number of para-hydroxylation sites is 1. The van der Waals surface area contributed by atoms with E-state index in [1.165, 1.54) is 11.1 Å². The van der Waals surface area contributed by atoms with Crippen molar-refractivity contribution < 1.29 is 13.2 Å². The molecule has 0 amide bonds. The number of sulfone groups is 1. The minimum Gasteiger partial charge on any atom is -0.468 e. The van der Waals surface area contributed by atoms with Crippen LogP contribution in [0.1, 0.15) is 50.7 Å². The Balaban J connectivity index is 1.44. The van der Waals surface area contributed by atoms with Gasteiger partial charge in [-0.2, -0.15) is 9.97 Å². The number of piperidine rings is 1. The summed E-state index contributed by atoms with van der Waals surface area (Å²) in [5, 5.41) is 7.05. The molecule has 11 heteroatoms. The molecule has 6 rings (SSSR count). The molecule has 4 aromatic rings. The molecule has 208 valence electrons. The topological polar surface area (TPSA) is 112 Å². The first-order chi connectivity index (χ1) is 19.1. The predicted octanol–water partition coefficient (Wildman–Crippen LogP) is 3.79. The van der Waals surface area contributed by atoms with E-state index in [0.29, 0.717) is 29.0 Å². The average Bonchev–Trinajstić information content (AvgIpc) is 3.47. The monoisotopic (exact) mass is 558 g/mol. The largest absolute Gasteiger partial charge is 0.468 e. The highest BCUT2D eigenvalue weighted by atomic mass is 32.2. The number of aromatic nitrogens is 3. The molecular formula is C29H35BN6O3S. The first kappa shape index (κ1) is 26.6. The molecule has 0 spiro atoms. The number of ether oxygens (including phenoxy) is 1. The van der Waals surface area contributed by atoms with Crippen molar-refractivity contribution in [2.75, 3.05) is 23.3 Å². The van der Waals surface area contributed by atoms with Gasteiger partial charge in [0.05, 0.1) is 26.9 Å². The lowest BCUT2D eigenvalue weighted by atomic mass is 9.87. The summed E-state index contributed by atoms with van der Waals surface area (Å²) in [7, 11) is -1.54. The molecule has 0 aliphatic carbocycles. The molecule has 2 aromatic carbocycles. The van der Waals surface area contributed by atoms with Gasteiger partial charge in [-0.15, -0.1) is 0 Å². The summed E-state index contributed by atoms with van der Waals surface area (Å²) in [5.74, 6) is 2.36. The van der Waals surface area contributed by atoms with Gasteiger partial charge in [0.2, 0.25) is 5.95 Å². The predicted molar refractivity (Wildman–Crippen MR) is 162 cm³/mol. The Kier molecular flexibility index (Phi) is 6.74. The zero-order valence-corrected chi connectivity index (χ0v) is 24.4. The Morgan fingerprint density at radius 3 is 2.65 bits per heavy atom. The standard InChI is InChI=1S/C29H35BN6O3S/c1-16(2)40(37,38)25-8-6-5-7-22(25)33-28-26-21(30)15-32-27(26)34-29(35-28)36-18(4)39-24-14-20(17(3)13-23(24)36)19-9-11-31-12-10-19/h5-8,13-16,18-19,31H,9-12,30H2,1-4H3,(H2,32,33,34,35). The van der Waals surface area contributed by atoms with E-state index in [0.717, 1.165) is 48.2 Å². The Hall–Kier alpha value is -3.57. The molecule has 9 nitrogen and oxygen atoms in total. The van der Waals surface area contributed by atoms with E-state index in [1.807, 2.05) is 31.9 Å². The summed E-state index contributed by atoms with van der Waals surface area (Å²) in [6.07, 6.45) is 3.81. The first-order valence-electron chi connectivity index (χ1n) is 13.9. The molecule has 1 fully saturated rings. The number of benzene rings is 2. The van der Waals surface area contributed by atoms with E-state index >= 15 is 0 Å². The van der Waals surface area contributed by atoms with E-state index in [2.05, 4.69) is 34.7 Å². The third kappa shape index (κ3) is 4.51. The van der Waals surface area contributed by atoms with Crippen molar-refractivity contribution in [1.29, 1.82) is 0 Å². The number of fused-ring (bicyclic) bond motifs is 2. The Morgan fingerprint density at radius 1 is 1.15 bits per heavy atom. The van der Waals surface area contributed by atoms with Crippen LogP contribution in [0.2, 0.25) is 0 Å². The Bertz CT molecular complexity index is 1700. The van der Waals surface area contributed by atoms with Crippen molar-refractivity contribution >= 4 is 57.3 Å². The molecule has 3 N–H and O–H groups in total. The highest BCUT2D eigenvalue weighted by Gasteiger charge is 2.34. The van der Waals surface area contributed by atoms with E-state index in [4.69, 9.17) is 14.7 Å². The zero-order chi connectivity index (χ0) is 28.2. The minimum absolute atomic E-state index is 0.246. The number of nitrogens with one attached hydrogen (secondary N) is 3.